The van der Waals surface area contributed by atoms with Crippen LogP contribution in [0.5, 0.6) is 0 Å². The average Bonchev–Trinajstić information content (AvgIpc) is 2.36. The molecule has 0 spiro atoms. The van der Waals surface area contributed by atoms with Crippen molar-refractivity contribution < 1.29 is 0 Å². The number of allylic oxidation sites excluding steroid dienone is 2. The molecule has 2 rings (SSSR count). The summed E-state index contributed by atoms with van der Waals surface area (Å²) in [5.41, 5.74) is 4.95. The highest BCUT2D eigenvalue weighted by atomic mass is 14.9. The van der Waals surface area contributed by atoms with Crippen LogP contribution < -0.4 is 0 Å². The third-order valence-corrected chi connectivity index (χ3v) is 3.13. The quantitative estimate of drug-likeness (QED) is 0.773. The molecule has 1 aromatic heterocycles. The van der Waals surface area contributed by atoms with Crippen molar-refractivity contribution in [2.45, 2.75) is 34.1 Å². The van der Waals surface area contributed by atoms with Crippen molar-refractivity contribution in [3.05, 3.63) is 41.4 Å². The molecule has 88 valence electrons. The zero-order valence-corrected chi connectivity index (χ0v) is 10.9. The number of aromatic nitrogens is 2. The first-order chi connectivity index (χ1) is 8.11. The molecule has 0 aliphatic heterocycles. The number of benzene rings is 1. The summed E-state index contributed by atoms with van der Waals surface area (Å²) >= 11 is 0. The van der Waals surface area contributed by atoms with Gasteiger partial charge in [0.25, 0.3) is 0 Å². The van der Waals surface area contributed by atoms with Crippen molar-refractivity contribution in [2.24, 2.45) is 0 Å². The topological polar surface area (TPSA) is 25.8 Å². The van der Waals surface area contributed by atoms with Gasteiger partial charge in [-0.2, -0.15) is 0 Å². The van der Waals surface area contributed by atoms with Crippen LogP contribution >= 0.6 is 0 Å². The molecular weight excluding hydrogens is 208 g/mol. The third kappa shape index (κ3) is 2.36. The van der Waals surface area contributed by atoms with E-state index in [-0.39, 0.29) is 0 Å². The van der Waals surface area contributed by atoms with Gasteiger partial charge in [0.1, 0.15) is 5.82 Å². The molecule has 2 aromatic rings. The SMILES string of the molecule is CCc1ncc2cc(C(C)=C(C)C)ccc2n1. The Bertz CT molecular complexity index is 578. The molecule has 2 heteroatoms. The highest BCUT2D eigenvalue weighted by molar-refractivity contribution is 5.82. The van der Waals surface area contributed by atoms with Gasteiger partial charge in [0.05, 0.1) is 5.52 Å². The van der Waals surface area contributed by atoms with E-state index in [0.29, 0.717) is 0 Å². The molecule has 1 heterocycles. The zero-order chi connectivity index (χ0) is 12.4. The molecular formula is C15H18N2. The van der Waals surface area contributed by atoms with Gasteiger partial charge >= 0.3 is 0 Å². The Morgan fingerprint density at radius 1 is 1.18 bits per heavy atom. The number of fused-ring (bicyclic) bond motifs is 1. The van der Waals surface area contributed by atoms with Crippen LogP contribution in [0, 0.1) is 0 Å². The minimum atomic E-state index is 0.880. The van der Waals surface area contributed by atoms with Gasteiger partial charge in [0.15, 0.2) is 0 Å². The smallest absolute Gasteiger partial charge is 0.128 e. The van der Waals surface area contributed by atoms with E-state index < -0.39 is 0 Å². The minimum absolute atomic E-state index is 0.880. The summed E-state index contributed by atoms with van der Waals surface area (Å²) in [6.07, 6.45) is 2.80. The molecule has 0 amide bonds. The van der Waals surface area contributed by atoms with Crippen LogP contribution in [0.25, 0.3) is 16.5 Å². The maximum atomic E-state index is 4.51. The fraction of sp³-hybridized carbons (Fsp3) is 0.333. The van der Waals surface area contributed by atoms with E-state index >= 15 is 0 Å². The van der Waals surface area contributed by atoms with Crippen molar-refractivity contribution in [1.29, 1.82) is 0 Å². The van der Waals surface area contributed by atoms with E-state index in [9.17, 15) is 0 Å². The fourth-order valence-corrected chi connectivity index (χ4v) is 1.76. The third-order valence-electron chi connectivity index (χ3n) is 3.13. The summed E-state index contributed by atoms with van der Waals surface area (Å²) in [6.45, 7) is 8.49. The lowest BCUT2D eigenvalue weighted by atomic mass is 10.0. The van der Waals surface area contributed by atoms with Crippen LogP contribution in [0.1, 0.15) is 39.1 Å². The van der Waals surface area contributed by atoms with Gasteiger partial charge in [0.2, 0.25) is 0 Å². The van der Waals surface area contributed by atoms with Gasteiger partial charge in [-0.3, -0.25) is 0 Å². The van der Waals surface area contributed by atoms with Gasteiger partial charge in [-0.25, -0.2) is 9.97 Å². The molecule has 0 N–H and O–H groups in total. The summed E-state index contributed by atoms with van der Waals surface area (Å²) in [5.74, 6) is 0.907. The molecule has 2 nitrogen and oxygen atoms in total. The molecule has 0 fully saturated rings. The molecule has 17 heavy (non-hydrogen) atoms. The number of aryl methyl sites for hydroxylation is 1. The van der Waals surface area contributed by atoms with Crippen LogP contribution in [0.3, 0.4) is 0 Å². The molecule has 0 aliphatic rings. The van der Waals surface area contributed by atoms with Crippen LogP contribution in [0.2, 0.25) is 0 Å². The lowest BCUT2D eigenvalue weighted by Crippen LogP contribution is -1.93. The van der Waals surface area contributed by atoms with Gasteiger partial charge in [-0.05, 0) is 44.0 Å². The summed E-state index contributed by atoms with van der Waals surface area (Å²) in [6, 6.07) is 6.38. The largest absolute Gasteiger partial charge is 0.241 e. The molecule has 0 atom stereocenters. The van der Waals surface area contributed by atoms with E-state index in [1.54, 1.807) is 0 Å². The average molecular weight is 226 g/mol. The van der Waals surface area contributed by atoms with Gasteiger partial charge in [-0.15, -0.1) is 0 Å². The summed E-state index contributed by atoms with van der Waals surface area (Å²) < 4.78 is 0. The van der Waals surface area contributed by atoms with E-state index in [4.69, 9.17) is 0 Å². The number of nitrogens with zero attached hydrogens (tertiary/aromatic N) is 2. The Hall–Kier alpha value is -1.70. The lowest BCUT2D eigenvalue weighted by molar-refractivity contribution is 0.961. The normalized spacial score (nSPS) is 10.6. The Labute approximate surface area is 102 Å². The first-order valence-electron chi connectivity index (χ1n) is 6.02. The highest BCUT2D eigenvalue weighted by Gasteiger charge is 2.02. The Morgan fingerprint density at radius 2 is 1.94 bits per heavy atom. The monoisotopic (exact) mass is 226 g/mol. The highest BCUT2D eigenvalue weighted by Crippen LogP contribution is 2.21. The second-order valence-corrected chi connectivity index (χ2v) is 4.54. The zero-order valence-electron chi connectivity index (χ0n) is 10.9. The Morgan fingerprint density at radius 3 is 2.59 bits per heavy atom. The Balaban J connectivity index is 2.56. The van der Waals surface area contributed by atoms with Crippen LogP contribution in [-0.2, 0) is 6.42 Å². The second-order valence-electron chi connectivity index (χ2n) is 4.54. The van der Waals surface area contributed by atoms with Gasteiger partial charge in [-0.1, -0.05) is 18.6 Å². The van der Waals surface area contributed by atoms with Crippen molar-refractivity contribution in [3.8, 4) is 0 Å². The molecule has 0 saturated heterocycles. The van der Waals surface area contributed by atoms with Crippen molar-refractivity contribution in [3.63, 3.8) is 0 Å². The minimum Gasteiger partial charge on any atom is -0.241 e. The van der Waals surface area contributed by atoms with Crippen LogP contribution in [0.15, 0.2) is 30.0 Å². The predicted octanol–water partition coefficient (Wildman–Crippen LogP) is 4.01. The predicted molar refractivity (Wildman–Crippen MR) is 72.9 cm³/mol. The first-order valence-corrected chi connectivity index (χ1v) is 6.02. The van der Waals surface area contributed by atoms with Crippen LogP contribution in [-0.4, -0.2) is 9.97 Å². The van der Waals surface area contributed by atoms with Gasteiger partial charge in [0, 0.05) is 18.0 Å². The van der Waals surface area contributed by atoms with Crippen molar-refractivity contribution in [2.75, 3.05) is 0 Å². The van der Waals surface area contributed by atoms with Crippen LogP contribution in [0.4, 0.5) is 0 Å². The Kier molecular flexibility index (Phi) is 3.23. The van der Waals surface area contributed by atoms with E-state index in [2.05, 4.69) is 55.9 Å². The first kappa shape index (κ1) is 11.8. The number of hydrogen-bond acceptors (Lipinski definition) is 2. The standard InChI is InChI=1S/C15H18N2/c1-5-15-16-9-13-8-12(11(4)10(2)3)6-7-14(13)17-15/h6-9H,5H2,1-4H3. The molecule has 0 radical (unpaired) electrons. The number of hydrogen-bond donors (Lipinski definition) is 0. The fourth-order valence-electron chi connectivity index (χ4n) is 1.76. The van der Waals surface area contributed by atoms with E-state index in [1.165, 1.54) is 16.7 Å². The maximum absolute atomic E-state index is 4.51. The molecule has 0 saturated carbocycles. The van der Waals surface area contributed by atoms with Crippen molar-refractivity contribution >= 4 is 16.5 Å². The van der Waals surface area contributed by atoms with Crippen molar-refractivity contribution in [1.82, 2.24) is 9.97 Å². The summed E-state index contributed by atoms with van der Waals surface area (Å²) in [5, 5.41) is 1.11. The maximum Gasteiger partial charge on any atom is 0.128 e. The molecule has 0 bridgehead atoms. The second kappa shape index (κ2) is 4.66. The van der Waals surface area contributed by atoms with E-state index in [0.717, 1.165) is 23.1 Å². The molecule has 0 unspecified atom stereocenters. The molecule has 0 aliphatic carbocycles. The summed E-state index contributed by atoms with van der Waals surface area (Å²) in [4.78, 5) is 8.86. The van der Waals surface area contributed by atoms with E-state index in [1.807, 2.05) is 6.20 Å². The lowest BCUT2D eigenvalue weighted by Gasteiger charge is -2.06. The molecule has 1 aromatic carbocycles. The summed E-state index contributed by atoms with van der Waals surface area (Å²) in [7, 11) is 0. The van der Waals surface area contributed by atoms with Gasteiger partial charge < -0.3 is 0 Å². The number of rotatable bonds is 2.